The van der Waals surface area contributed by atoms with Crippen LogP contribution in [0.2, 0.25) is 0 Å². The van der Waals surface area contributed by atoms with E-state index in [2.05, 4.69) is 10.1 Å². The van der Waals surface area contributed by atoms with Gasteiger partial charge in [-0.25, -0.2) is 0 Å². The molecule has 1 amide bonds. The first-order valence-corrected chi connectivity index (χ1v) is 8.02. The number of hydrogen-bond acceptors (Lipinski definition) is 3. The predicted octanol–water partition coefficient (Wildman–Crippen LogP) is 2.89. The maximum Gasteiger partial charge on any atom is 0.387 e. The summed E-state index contributed by atoms with van der Waals surface area (Å²) < 4.78 is 28.8. The van der Waals surface area contributed by atoms with E-state index in [0.29, 0.717) is 5.56 Å². The van der Waals surface area contributed by atoms with Crippen LogP contribution in [0.5, 0.6) is 5.75 Å². The summed E-state index contributed by atoms with van der Waals surface area (Å²) in [6.07, 6.45) is 5.12. The fourth-order valence-electron chi connectivity index (χ4n) is 3.07. The highest BCUT2D eigenvalue weighted by Crippen LogP contribution is 2.23. The number of nitrogens with one attached hydrogen (secondary N) is 1. The van der Waals surface area contributed by atoms with Crippen molar-refractivity contribution >= 4 is 5.91 Å². The fourth-order valence-corrected chi connectivity index (χ4v) is 3.07. The lowest BCUT2D eigenvalue weighted by molar-refractivity contribution is -0.121. The van der Waals surface area contributed by atoms with Gasteiger partial charge in [-0.05, 0) is 30.5 Å². The molecular weight excluding hydrogens is 304 g/mol. The van der Waals surface area contributed by atoms with Crippen molar-refractivity contribution in [2.45, 2.75) is 51.2 Å². The SMILES string of the molecule is O=C(Cc1cccc(OC(F)F)c1)NC1CCCCCC1CO. The highest BCUT2D eigenvalue weighted by Gasteiger charge is 2.24. The molecule has 0 radical (unpaired) electrons. The van der Waals surface area contributed by atoms with Gasteiger partial charge in [0.1, 0.15) is 5.75 Å². The number of aliphatic hydroxyl groups excluding tert-OH is 1. The number of rotatable bonds is 6. The normalized spacial score (nSPS) is 21.7. The second kappa shape index (κ2) is 8.82. The minimum absolute atomic E-state index is 0.0181. The van der Waals surface area contributed by atoms with Gasteiger partial charge < -0.3 is 15.2 Å². The van der Waals surface area contributed by atoms with Crippen LogP contribution in [0.15, 0.2) is 24.3 Å². The first kappa shape index (κ1) is 17.7. The van der Waals surface area contributed by atoms with Crippen LogP contribution in [0.25, 0.3) is 0 Å². The third-order valence-corrected chi connectivity index (χ3v) is 4.23. The molecule has 4 nitrogen and oxygen atoms in total. The molecule has 0 heterocycles. The van der Waals surface area contributed by atoms with Gasteiger partial charge in [0.05, 0.1) is 6.42 Å². The van der Waals surface area contributed by atoms with Gasteiger partial charge in [0.15, 0.2) is 0 Å². The molecule has 1 aliphatic carbocycles. The Morgan fingerprint density at radius 2 is 2.09 bits per heavy atom. The van der Waals surface area contributed by atoms with E-state index in [1.807, 2.05) is 0 Å². The Kier molecular flexibility index (Phi) is 6.77. The van der Waals surface area contributed by atoms with Crippen LogP contribution >= 0.6 is 0 Å². The van der Waals surface area contributed by atoms with Crippen LogP contribution in [0.1, 0.15) is 37.7 Å². The maximum atomic E-state index is 12.2. The van der Waals surface area contributed by atoms with Crippen molar-refractivity contribution in [3.8, 4) is 5.75 Å². The lowest BCUT2D eigenvalue weighted by atomic mass is 9.95. The van der Waals surface area contributed by atoms with Gasteiger partial charge in [0, 0.05) is 18.6 Å². The minimum Gasteiger partial charge on any atom is -0.435 e. The lowest BCUT2D eigenvalue weighted by Gasteiger charge is -2.24. The minimum atomic E-state index is -2.88. The number of ether oxygens (including phenoxy) is 1. The molecule has 128 valence electrons. The first-order valence-electron chi connectivity index (χ1n) is 8.02. The van der Waals surface area contributed by atoms with Gasteiger partial charge >= 0.3 is 6.61 Å². The zero-order valence-electron chi connectivity index (χ0n) is 13.0. The molecule has 1 aromatic carbocycles. The molecule has 1 saturated carbocycles. The zero-order chi connectivity index (χ0) is 16.7. The number of alkyl halides is 2. The fraction of sp³-hybridized carbons (Fsp3) is 0.588. The maximum absolute atomic E-state index is 12.2. The highest BCUT2D eigenvalue weighted by atomic mass is 19.3. The number of amides is 1. The van der Waals surface area contributed by atoms with Crippen LogP contribution < -0.4 is 10.1 Å². The van der Waals surface area contributed by atoms with Crippen molar-refractivity contribution in [3.63, 3.8) is 0 Å². The van der Waals surface area contributed by atoms with E-state index in [1.54, 1.807) is 12.1 Å². The van der Waals surface area contributed by atoms with Crippen LogP contribution in [0, 0.1) is 5.92 Å². The highest BCUT2D eigenvalue weighted by molar-refractivity contribution is 5.79. The Morgan fingerprint density at radius 1 is 1.30 bits per heavy atom. The topological polar surface area (TPSA) is 58.6 Å². The van der Waals surface area contributed by atoms with Crippen LogP contribution in [-0.2, 0) is 11.2 Å². The number of hydrogen-bond donors (Lipinski definition) is 2. The zero-order valence-corrected chi connectivity index (χ0v) is 13.0. The molecular formula is C17H23F2NO3. The average Bonchev–Trinajstić information content (AvgIpc) is 2.71. The van der Waals surface area contributed by atoms with E-state index in [1.165, 1.54) is 12.1 Å². The molecule has 23 heavy (non-hydrogen) atoms. The molecule has 0 aliphatic heterocycles. The Hall–Kier alpha value is -1.69. The van der Waals surface area contributed by atoms with Gasteiger partial charge in [-0.1, -0.05) is 31.4 Å². The summed E-state index contributed by atoms with van der Waals surface area (Å²) in [6, 6.07) is 6.15. The summed E-state index contributed by atoms with van der Waals surface area (Å²) in [5, 5.41) is 12.5. The van der Waals surface area contributed by atoms with Crippen LogP contribution in [0.3, 0.4) is 0 Å². The summed E-state index contributed by atoms with van der Waals surface area (Å²) in [7, 11) is 0. The van der Waals surface area contributed by atoms with E-state index in [-0.39, 0.29) is 36.6 Å². The van der Waals surface area contributed by atoms with E-state index >= 15 is 0 Å². The van der Waals surface area contributed by atoms with Gasteiger partial charge in [-0.2, -0.15) is 8.78 Å². The van der Waals surface area contributed by atoms with Gasteiger partial charge in [-0.3, -0.25) is 4.79 Å². The Morgan fingerprint density at radius 3 is 2.83 bits per heavy atom. The van der Waals surface area contributed by atoms with Crippen molar-refractivity contribution in [3.05, 3.63) is 29.8 Å². The number of halogens is 2. The quantitative estimate of drug-likeness (QED) is 0.790. The number of benzene rings is 1. The van der Waals surface area contributed by atoms with Crippen molar-refractivity contribution in [1.29, 1.82) is 0 Å². The van der Waals surface area contributed by atoms with Crippen molar-refractivity contribution in [2.24, 2.45) is 5.92 Å². The Labute approximate surface area is 134 Å². The molecule has 2 rings (SSSR count). The largest absolute Gasteiger partial charge is 0.435 e. The first-order chi connectivity index (χ1) is 11.1. The number of carbonyl (C=O) groups is 1. The molecule has 1 fully saturated rings. The number of aliphatic hydroxyl groups is 1. The summed E-state index contributed by atoms with van der Waals surface area (Å²) >= 11 is 0. The van der Waals surface area contributed by atoms with Crippen molar-refractivity contribution in [1.82, 2.24) is 5.32 Å². The summed E-state index contributed by atoms with van der Waals surface area (Å²) in [5.41, 5.74) is 0.620. The molecule has 2 unspecified atom stereocenters. The second-order valence-electron chi connectivity index (χ2n) is 5.96. The molecule has 0 bridgehead atoms. The molecule has 2 atom stereocenters. The van der Waals surface area contributed by atoms with Gasteiger partial charge in [0.25, 0.3) is 0 Å². The predicted molar refractivity (Wildman–Crippen MR) is 82.4 cm³/mol. The van der Waals surface area contributed by atoms with E-state index in [4.69, 9.17) is 0 Å². The van der Waals surface area contributed by atoms with E-state index in [9.17, 15) is 18.7 Å². The molecule has 1 aromatic rings. The molecule has 6 heteroatoms. The molecule has 0 saturated heterocycles. The molecule has 1 aliphatic rings. The summed E-state index contributed by atoms with van der Waals surface area (Å²) in [5.74, 6) is -0.0208. The standard InChI is InChI=1S/C17H23F2NO3/c18-17(19)23-14-7-4-5-12(9-14)10-16(22)20-15-8-3-1-2-6-13(15)11-21/h4-5,7,9,13,15,17,21H,1-3,6,8,10-11H2,(H,20,22). The van der Waals surface area contributed by atoms with E-state index < -0.39 is 6.61 Å². The third-order valence-electron chi connectivity index (χ3n) is 4.23. The Balaban J connectivity index is 1.93. The van der Waals surface area contributed by atoms with Gasteiger partial charge in [-0.15, -0.1) is 0 Å². The summed E-state index contributed by atoms with van der Waals surface area (Å²) in [6.45, 7) is -2.81. The molecule has 2 N–H and O–H groups in total. The Bertz CT molecular complexity index is 510. The number of carbonyl (C=O) groups excluding carboxylic acids is 1. The second-order valence-corrected chi connectivity index (χ2v) is 5.96. The molecule has 0 aromatic heterocycles. The average molecular weight is 327 g/mol. The van der Waals surface area contributed by atoms with E-state index in [0.717, 1.165) is 32.1 Å². The van der Waals surface area contributed by atoms with Crippen molar-refractivity contribution in [2.75, 3.05) is 6.61 Å². The molecule has 0 spiro atoms. The van der Waals surface area contributed by atoms with Crippen LogP contribution in [0.4, 0.5) is 8.78 Å². The van der Waals surface area contributed by atoms with Crippen LogP contribution in [-0.4, -0.2) is 30.3 Å². The monoisotopic (exact) mass is 327 g/mol. The van der Waals surface area contributed by atoms with Crippen molar-refractivity contribution < 1.29 is 23.4 Å². The smallest absolute Gasteiger partial charge is 0.387 e. The third kappa shape index (κ3) is 5.78. The lowest BCUT2D eigenvalue weighted by Crippen LogP contribution is -2.41. The van der Waals surface area contributed by atoms with Gasteiger partial charge in [0.2, 0.25) is 5.91 Å². The summed E-state index contributed by atoms with van der Waals surface area (Å²) in [4.78, 5) is 12.2.